The molecule has 0 saturated heterocycles. The Bertz CT molecular complexity index is 760. The Morgan fingerprint density at radius 1 is 1.12 bits per heavy atom. The summed E-state index contributed by atoms with van der Waals surface area (Å²) in [6.07, 6.45) is 0. The Morgan fingerprint density at radius 2 is 1.88 bits per heavy atom. The van der Waals surface area contributed by atoms with Crippen molar-refractivity contribution >= 4 is 23.2 Å². The van der Waals surface area contributed by atoms with Crippen LogP contribution in [0.25, 0.3) is 0 Å². The quantitative estimate of drug-likeness (QED) is 0.887. The van der Waals surface area contributed by atoms with Gasteiger partial charge in [-0.3, -0.25) is 9.59 Å². The van der Waals surface area contributed by atoms with Crippen molar-refractivity contribution < 1.29 is 14.0 Å². The molecule has 0 aliphatic carbocycles. The zero-order chi connectivity index (χ0) is 17.7. The summed E-state index contributed by atoms with van der Waals surface area (Å²) in [6.45, 7) is 1.83. The van der Waals surface area contributed by atoms with Crippen LogP contribution in [0.1, 0.15) is 15.9 Å². The van der Waals surface area contributed by atoms with E-state index in [-0.39, 0.29) is 24.2 Å². The molecule has 2 rings (SSSR count). The SMILES string of the molecule is Cc1ccc(F)cc1NCC(=O)Nc1cccc(C(=O)N(C)C)c1. The van der Waals surface area contributed by atoms with E-state index in [1.165, 1.54) is 17.0 Å². The van der Waals surface area contributed by atoms with Gasteiger partial charge in [0, 0.05) is 31.0 Å². The van der Waals surface area contributed by atoms with Gasteiger partial charge in [0.1, 0.15) is 5.82 Å². The van der Waals surface area contributed by atoms with Crippen molar-refractivity contribution in [2.75, 3.05) is 31.3 Å². The lowest BCUT2D eigenvalue weighted by Gasteiger charge is -2.12. The molecular formula is C18H20FN3O2. The molecule has 0 aliphatic rings. The minimum atomic E-state index is -0.363. The van der Waals surface area contributed by atoms with E-state index in [1.807, 2.05) is 6.92 Å². The molecule has 2 amide bonds. The van der Waals surface area contributed by atoms with Crippen LogP contribution in [0.4, 0.5) is 15.8 Å². The van der Waals surface area contributed by atoms with E-state index in [9.17, 15) is 14.0 Å². The first kappa shape index (κ1) is 17.5. The van der Waals surface area contributed by atoms with Gasteiger partial charge in [0.05, 0.1) is 6.54 Å². The van der Waals surface area contributed by atoms with E-state index < -0.39 is 0 Å². The standard InChI is InChI=1S/C18H20FN3O2/c1-12-7-8-14(19)10-16(12)20-11-17(23)21-15-6-4-5-13(9-15)18(24)22(2)3/h4-10,20H,11H2,1-3H3,(H,21,23). The third-order valence-corrected chi connectivity index (χ3v) is 3.44. The van der Waals surface area contributed by atoms with Gasteiger partial charge in [-0.05, 0) is 42.8 Å². The van der Waals surface area contributed by atoms with Crippen LogP contribution in [0.3, 0.4) is 0 Å². The molecular weight excluding hydrogens is 309 g/mol. The Labute approximate surface area is 140 Å². The second-order valence-electron chi connectivity index (χ2n) is 5.64. The van der Waals surface area contributed by atoms with E-state index in [2.05, 4.69) is 10.6 Å². The molecule has 0 atom stereocenters. The number of hydrogen-bond donors (Lipinski definition) is 2. The number of amides is 2. The topological polar surface area (TPSA) is 61.4 Å². The van der Waals surface area contributed by atoms with Gasteiger partial charge >= 0.3 is 0 Å². The van der Waals surface area contributed by atoms with E-state index in [4.69, 9.17) is 0 Å². The minimum absolute atomic E-state index is 0.00382. The van der Waals surface area contributed by atoms with Gasteiger partial charge in [-0.25, -0.2) is 4.39 Å². The zero-order valence-electron chi connectivity index (χ0n) is 13.9. The number of carbonyl (C=O) groups is 2. The molecule has 2 aromatic carbocycles. The third kappa shape index (κ3) is 4.55. The van der Waals surface area contributed by atoms with Crippen molar-refractivity contribution in [3.05, 3.63) is 59.4 Å². The van der Waals surface area contributed by atoms with E-state index in [0.29, 0.717) is 16.9 Å². The molecule has 0 aliphatic heterocycles. The predicted molar refractivity (Wildman–Crippen MR) is 92.7 cm³/mol. The Balaban J connectivity index is 1.99. The van der Waals surface area contributed by atoms with Crippen LogP contribution in [0.2, 0.25) is 0 Å². The number of nitrogens with one attached hydrogen (secondary N) is 2. The van der Waals surface area contributed by atoms with Crippen molar-refractivity contribution in [2.45, 2.75) is 6.92 Å². The molecule has 0 unspecified atom stereocenters. The summed E-state index contributed by atoms with van der Waals surface area (Å²) in [7, 11) is 3.33. The highest BCUT2D eigenvalue weighted by atomic mass is 19.1. The first-order chi connectivity index (χ1) is 11.4. The van der Waals surface area contributed by atoms with Crippen molar-refractivity contribution in [3.63, 3.8) is 0 Å². The van der Waals surface area contributed by atoms with E-state index in [1.54, 1.807) is 44.4 Å². The predicted octanol–water partition coefficient (Wildman–Crippen LogP) is 2.89. The normalized spacial score (nSPS) is 10.2. The largest absolute Gasteiger partial charge is 0.376 e. The first-order valence-corrected chi connectivity index (χ1v) is 7.48. The number of hydrogen-bond acceptors (Lipinski definition) is 3. The fraction of sp³-hybridized carbons (Fsp3) is 0.222. The molecule has 6 heteroatoms. The van der Waals surface area contributed by atoms with Gasteiger partial charge < -0.3 is 15.5 Å². The summed E-state index contributed by atoms with van der Waals surface area (Å²) in [5.41, 5.74) is 2.45. The first-order valence-electron chi connectivity index (χ1n) is 7.48. The van der Waals surface area contributed by atoms with E-state index >= 15 is 0 Å². The lowest BCUT2D eigenvalue weighted by atomic mass is 10.2. The molecule has 5 nitrogen and oxygen atoms in total. The number of halogens is 1. The molecule has 24 heavy (non-hydrogen) atoms. The number of nitrogens with zero attached hydrogens (tertiary/aromatic N) is 1. The molecule has 0 heterocycles. The number of benzene rings is 2. The molecule has 0 spiro atoms. The average molecular weight is 329 g/mol. The van der Waals surface area contributed by atoms with Crippen LogP contribution in [0, 0.1) is 12.7 Å². The second kappa shape index (κ2) is 7.59. The number of rotatable bonds is 5. The number of anilines is 2. The third-order valence-electron chi connectivity index (χ3n) is 3.44. The van der Waals surface area contributed by atoms with Crippen LogP contribution in [0.5, 0.6) is 0 Å². The van der Waals surface area contributed by atoms with Crippen molar-refractivity contribution in [3.8, 4) is 0 Å². The van der Waals surface area contributed by atoms with Crippen LogP contribution in [-0.4, -0.2) is 37.4 Å². The smallest absolute Gasteiger partial charge is 0.253 e. The highest BCUT2D eigenvalue weighted by Gasteiger charge is 2.10. The van der Waals surface area contributed by atoms with Crippen LogP contribution < -0.4 is 10.6 Å². The van der Waals surface area contributed by atoms with Crippen LogP contribution in [-0.2, 0) is 4.79 Å². The Hall–Kier alpha value is -2.89. The summed E-state index contributed by atoms with van der Waals surface area (Å²) < 4.78 is 13.2. The van der Waals surface area contributed by atoms with Gasteiger partial charge in [-0.15, -0.1) is 0 Å². The molecule has 126 valence electrons. The highest BCUT2D eigenvalue weighted by Crippen LogP contribution is 2.16. The maximum Gasteiger partial charge on any atom is 0.253 e. The summed E-state index contributed by atoms with van der Waals surface area (Å²) in [6, 6.07) is 11.1. The van der Waals surface area contributed by atoms with Gasteiger partial charge in [-0.1, -0.05) is 12.1 Å². The summed E-state index contributed by atoms with van der Waals surface area (Å²) in [5, 5.41) is 5.62. The summed E-state index contributed by atoms with van der Waals surface area (Å²) in [4.78, 5) is 25.4. The molecule has 0 aromatic heterocycles. The summed E-state index contributed by atoms with van der Waals surface area (Å²) >= 11 is 0. The molecule has 0 saturated carbocycles. The monoisotopic (exact) mass is 329 g/mol. The zero-order valence-corrected chi connectivity index (χ0v) is 13.9. The maximum absolute atomic E-state index is 13.2. The van der Waals surface area contributed by atoms with Gasteiger partial charge in [0.25, 0.3) is 5.91 Å². The second-order valence-corrected chi connectivity index (χ2v) is 5.64. The minimum Gasteiger partial charge on any atom is -0.376 e. The van der Waals surface area contributed by atoms with Crippen LogP contribution >= 0.6 is 0 Å². The maximum atomic E-state index is 13.2. The molecule has 0 bridgehead atoms. The molecule has 0 radical (unpaired) electrons. The average Bonchev–Trinajstić information content (AvgIpc) is 2.55. The fourth-order valence-corrected chi connectivity index (χ4v) is 2.15. The van der Waals surface area contributed by atoms with E-state index in [0.717, 1.165) is 5.56 Å². The van der Waals surface area contributed by atoms with Crippen molar-refractivity contribution in [1.82, 2.24) is 4.90 Å². The molecule has 2 N–H and O–H groups in total. The lowest BCUT2D eigenvalue weighted by Crippen LogP contribution is -2.23. The van der Waals surface area contributed by atoms with Gasteiger partial charge in [0.15, 0.2) is 0 Å². The molecule has 0 fully saturated rings. The Kier molecular flexibility index (Phi) is 5.52. The van der Waals surface area contributed by atoms with Crippen molar-refractivity contribution in [1.29, 1.82) is 0 Å². The number of aryl methyl sites for hydroxylation is 1. The number of carbonyl (C=O) groups excluding carboxylic acids is 2. The fourth-order valence-electron chi connectivity index (χ4n) is 2.15. The summed E-state index contributed by atoms with van der Waals surface area (Å²) in [5.74, 6) is -0.786. The highest BCUT2D eigenvalue weighted by molar-refractivity contribution is 5.98. The van der Waals surface area contributed by atoms with Crippen molar-refractivity contribution in [2.24, 2.45) is 0 Å². The lowest BCUT2D eigenvalue weighted by molar-refractivity contribution is -0.114. The van der Waals surface area contributed by atoms with Gasteiger partial charge in [-0.2, -0.15) is 0 Å². The molecule has 2 aromatic rings. The Morgan fingerprint density at radius 3 is 2.58 bits per heavy atom. The van der Waals surface area contributed by atoms with Gasteiger partial charge in [0.2, 0.25) is 5.91 Å². The van der Waals surface area contributed by atoms with Crippen LogP contribution in [0.15, 0.2) is 42.5 Å².